The number of likely N-dealkylation sites (N-methyl/N-ethyl adjacent to an activating group) is 1. The summed E-state index contributed by atoms with van der Waals surface area (Å²) in [6, 6.07) is 0.324. The van der Waals surface area contributed by atoms with E-state index >= 15 is 0 Å². The van der Waals surface area contributed by atoms with Gasteiger partial charge in [-0.25, -0.2) is 0 Å². The quantitative estimate of drug-likeness (QED) is 0.529. The highest BCUT2D eigenvalue weighted by Crippen LogP contribution is 2.02. The minimum absolute atomic E-state index is 0.0430. The fourth-order valence-electron chi connectivity index (χ4n) is 1.21. The molecule has 1 fully saturated rings. The first kappa shape index (κ1) is 9.22. The maximum atomic E-state index is 11.0. The predicted molar refractivity (Wildman–Crippen MR) is 47.6 cm³/mol. The topological polar surface area (TPSA) is 58.4 Å². The lowest BCUT2D eigenvalue weighted by molar-refractivity contribution is -0.118. The molecule has 0 unspecified atom stereocenters. The third-order valence-electron chi connectivity index (χ3n) is 1.82. The number of carbonyl (C=O) groups is 1. The van der Waals surface area contributed by atoms with Crippen LogP contribution in [0.4, 0.5) is 0 Å². The molecule has 1 rings (SSSR count). The van der Waals surface area contributed by atoms with E-state index in [1.165, 1.54) is 6.08 Å². The molecule has 3 N–H and O–H groups in total. The third-order valence-corrected chi connectivity index (χ3v) is 1.82. The Labute approximate surface area is 72.4 Å². The first-order valence-corrected chi connectivity index (χ1v) is 4.08. The van der Waals surface area contributed by atoms with E-state index in [0.29, 0.717) is 12.6 Å². The second kappa shape index (κ2) is 4.23. The van der Waals surface area contributed by atoms with Crippen LogP contribution in [0.3, 0.4) is 0 Å². The van der Waals surface area contributed by atoms with Gasteiger partial charge in [-0.05, 0) is 7.05 Å². The molecule has 1 aliphatic rings. The average Bonchev–Trinajstić information content (AvgIpc) is 1.98. The molecule has 0 aliphatic carbocycles. The molecule has 0 spiro atoms. The number of carbonyl (C=O) groups excluding carboxylic acids is 1. The molecule has 0 aromatic carbocycles. The van der Waals surface area contributed by atoms with Crippen LogP contribution in [0.25, 0.3) is 0 Å². The standard InChI is InChI=1S/C8H15N3O/c1-11-5-7(6-11)10-8(12)3-2-4-9/h2-3,7H,4-6,9H2,1H3,(H,10,12)/b3-2+. The van der Waals surface area contributed by atoms with Gasteiger partial charge in [-0.3, -0.25) is 4.79 Å². The van der Waals surface area contributed by atoms with E-state index < -0.39 is 0 Å². The Bertz CT molecular complexity index is 185. The highest BCUT2D eigenvalue weighted by molar-refractivity contribution is 5.87. The van der Waals surface area contributed by atoms with Crippen LogP contribution in [0.2, 0.25) is 0 Å². The maximum absolute atomic E-state index is 11.0. The molecule has 0 bridgehead atoms. The zero-order valence-corrected chi connectivity index (χ0v) is 7.29. The number of nitrogens with zero attached hydrogens (tertiary/aromatic N) is 1. The Morgan fingerprint density at radius 1 is 1.75 bits per heavy atom. The summed E-state index contributed by atoms with van der Waals surface area (Å²) in [5, 5.41) is 2.86. The van der Waals surface area contributed by atoms with E-state index in [4.69, 9.17) is 5.73 Å². The van der Waals surface area contributed by atoms with Crippen molar-refractivity contribution in [1.29, 1.82) is 0 Å². The normalized spacial score (nSPS) is 19.5. The Morgan fingerprint density at radius 3 is 2.92 bits per heavy atom. The number of likely N-dealkylation sites (tertiary alicyclic amines) is 1. The number of nitrogens with two attached hydrogens (primary N) is 1. The summed E-state index contributed by atoms with van der Waals surface area (Å²) in [7, 11) is 2.03. The second-order valence-electron chi connectivity index (χ2n) is 3.06. The number of rotatable bonds is 3. The summed E-state index contributed by atoms with van der Waals surface area (Å²) in [5.74, 6) is -0.0430. The molecule has 68 valence electrons. The Morgan fingerprint density at radius 2 is 2.42 bits per heavy atom. The molecule has 1 heterocycles. The van der Waals surface area contributed by atoms with Gasteiger partial charge in [-0.1, -0.05) is 6.08 Å². The third kappa shape index (κ3) is 2.64. The van der Waals surface area contributed by atoms with Crippen LogP contribution in [0.5, 0.6) is 0 Å². The van der Waals surface area contributed by atoms with Gasteiger partial charge in [0.05, 0.1) is 6.04 Å². The SMILES string of the molecule is CN1CC(NC(=O)/C=C/CN)C1. The van der Waals surface area contributed by atoms with Gasteiger partial charge in [0.25, 0.3) is 0 Å². The predicted octanol–water partition coefficient (Wildman–Crippen LogP) is -1.07. The number of hydrogen-bond donors (Lipinski definition) is 2. The van der Waals surface area contributed by atoms with Crippen molar-refractivity contribution >= 4 is 5.91 Å². The summed E-state index contributed by atoms with van der Waals surface area (Å²) in [6.45, 7) is 2.31. The highest BCUT2D eigenvalue weighted by atomic mass is 16.1. The smallest absolute Gasteiger partial charge is 0.244 e. The van der Waals surface area contributed by atoms with Crippen molar-refractivity contribution in [2.75, 3.05) is 26.7 Å². The van der Waals surface area contributed by atoms with Crippen LogP contribution in [0.15, 0.2) is 12.2 Å². The van der Waals surface area contributed by atoms with Gasteiger partial charge in [-0.15, -0.1) is 0 Å². The zero-order chi connectivity index (χ0) is 8.97. The lowest BCUT2D eigenvalue weighted by Gasteiger charge is -2.36. The molecule has 0 atom stereocenters. The molecule has 1 aliphatic heterocycles. The van der Waals surface area contributed by atoms with Crippen LogP contribution in [-0.4, -0.2) is 43.5 Å². The number of hydrogen-bond acceptors (Lipinski definition) is 3. The lowest BCUT2D eigenvalue weighted by Crippen LogP contribution is -2.57. The van der Waals surface area contributed by atoms with E-state index in [1.807, 2.05) is 7.05 Å². The van der Waals surface area contributed by atoms with E-state index in [0.717, 1.165) is 13.1 Å². The molecule has 0 saturated carbocycles. The lowest BCUT2D eigenvalue weighted by atomic mass is 10.1. The molecule has 1 amide bonds. The van der Waals surface area contributed by atoms with Crippen molar-refractivity contribution in [3.63, 3.8) is 0 Å². The largest absolute Gasteiger partial charge is 0.347 e. The summed E-state index contributed by atoms with van der Waals surface area (Å²) in [4.78, 5) is 13.2. The van der Waals surface area contributed by atoms with Gasteiger partial charge in [-0.2, -0.15) is 0 Å². The monoisotopic (exact) mass is 169 g/mol. The first-order valence-electron chi connectivity index (χ1n) is 4.08. The summed E-state index contributed by atoms with van der Waals surface area (Å²) < 4.78 is 0. The fraction of sp³-hybridized carbons (Fsp3) is 0.625. The van der Waals surface area contributed by atoms with Gasteiger partial charge >= 0.3 is 0 Å². The highest BCUT2D eigenvalue weighted by Gasteiger charge is 2.23. The minimum atomic E-state index is -0.0430. The summed E-state index contributed by atoms with van der Waals surface area (Å²) in [5.41, 5.74) is 5.20. The van der Waals surface area contributed by atoms with Crippen LogP contribution >= 0.6 is 0 Å². The van der Waals surface area contributed by atoms with Crippen molar-refractivity contribution in [2.45, 2.75) is 6.04 Å². The van der Waals surface area contributed by atoms with Crippen LogP contribution < -0.4 is 11.1 Å². The van der Waals surface area contributed by atoms with Crippen molar-refractivity contribution in [2.24, 2.45) is 5.73 Å². The average molecular weight is 169 g/mol. The first-order chi connectivity index (χ1) is 5.72. The fourth-order valence-corrected chi connectivity index (χ4v) is 1.21. The van der Waals surface area contributed by atoms with Crippen molar-refractivity contribution in [1.82, 2.24) is 10.2 Å². The number of amides is 1. The second-order valence-corrected chi connectivity index (χ2v) is 3.06. The van der Waals surface area contributed by atoms with E-state index in [1.54, 1.807) is 6.08 Å². The van der Waals surface area contributed by atoms with Crippen LogP contribution in [-0.2, 0) is 4.79 Å². The van der Waals surface area contributed by atoms with Gasteiger partial charge in [0, 0.05) is 25.7 Å². The molecule has 12 heavy (non-hydrogen) atoms. The molecule has 0 aromatic rings. The molecule has 1 saturated heterocycles. The van der Waals surface area contributed by atoms with Crippen LogP contribution in [0, 0.1) is 0 Å². The molecular formula is C8H15N3O. The van der Waals surface area contributed by atoms with E-state index in [2.05, 4.69) is 10.2 Å². The molecule has 4 heteroatoms. The Kier molecular flexibility index (Phi) is 3.25. The van der Waals surface area contributed by atoms with Crippen molar-refractivity contribution in [3.05, 3.63) is 12.2 Å². The Balaban J connectivity index is 2.14. The Hall–Kier alpha value is -0.870. The maximum Gasteiger partial charge on any atom is 0.244 e. The summed E-state index contributed by atoms with van der Waals surface area (Å²) >= 11 is 0. The molecular weight excluding hydrogens is 154 g/mol. The van der Waals surface area contributed by atoms with E-state index in [-0.39, 0.29) is 5.91 Å². The zero-order valence-electron chi connectivity index (χ0n) is 7.29. The minimum Gasteiger partial charge on any atom is -0.347 e. The van der Waals surface area contributed by atoms with Gasteiger partial charge < -0.3 is 16.0 Å². The van der Waals surface area contributed by atoms with Crippen molar-refractivity contribution in [3.8, 4) is 0 Å². The van der Waals surface area contributed by atoms with Gasteiger partial charge in [0.2, 0.25) is 5.91 Å². The molecule has 4 nitrogen and oxygen atoms in total. The van der Waals surface area contributed by atoms with Crippen molar-refractivity contribution < 1.29 is 4.79 Å². The van der Waals surface area contributed by atoms with Gasteiger partial charge in [0.15, 0.2) is 0 Å². The van der Waals surface area contributed by atoms with Crippen LogP contribution in [0.1, 0.15) is 0 Å². The molecule has 0 radical (unpaired) electrons. The van der Waals surface area contributed by atoms with E-state index in [9.17, 15) is 4.79 Å². The van der Waals surface area contributed by atoms with Gasteiger partial charge in [0.1, 0.15) is 0 Å². The molecule has 0 aromatic heterocycles. The summed E-state index contributed by atoms with van der Waals surface area (Å²) in [6.07, 6.45) is 3.13. The number of nitrogens with one attached hydrogen (secondary N) is 1.